The number of carbonyl (C=O) groups is 1. The molecule has 2 aromatic rings. The van der Waals surface area contributed by atoms with Crippen LogP contribution in [0.15, 0.2) is 30.5 Å². The zero-order valence-electron chi connectivity index (χ0n) is 10.8. The van der Waals surface area contributed by atoms with E-state index in [1.807, 2.05) is 6.92 Å². The third kappa shape index (κ3) is 2.67. The van der Waals surface area contributed by atoms with Gasteiger partial charge in [0.1, 0.15) is 11.5 Å². The van der Waals surface area contributed by atoms with Gasteiger partial charge in [0, 0.05) is 12.6 Å². The number of aryl methyl sites for hydroxylation is 1. The van der Waals surface area contributed by atoms with Gasteiger partial charge in [-0.3, -0.25) is 4.68 Å². The minimum atomic E-state index is -0.537. The lowest BCUT2D eigenvalue weighted by Crippen LogP contribution is -2.16. The number of carbonyl (C=O) groups excluding carboxylic acids is 1. The van der Waals surface area contributed by atoms with Crippen molar-refractivity contribution in [3.63, 3.8) is 0 Å². The Labute approximate surface area is 110 Å². The van der Waals surface area contributed by atoms with Gasteiger partial charge in [-0.15, -0.1) is 0 Å². The number of nitrogens with two attached hydrogens (primary N) is 1. The molecule has 1 aromatic carbocycles. The second-order valence-electron chi connectivity index (χ2n) is 3.83. The SMILES string of the molecule is CCn1ncc(N)c1C(=O)Oc1cccc(OC)c1. The number of hydrogen-bond acceptors (Lipinski definition) is 5. The molecular weight excluding hydrogens is 246 g/mol. The Bertz CT molecular complexity index is 593. The van der Waals surface area contributed by atoms with Gasteiger partial charge in [-0.25, -0.2) is 4.79 Å². The molecule has 19 heavy (non-hydrogen) atoms. The van der Waals surface area contributed by atoms with Crippen LogP contribution in [0.5, 0.6) is 11.5 Å². The van der Waals surface area contributed by atoms with Crippen LogP contribution in [0.25, 0.3) is 0 Å². The van der Waals surface area contributed by atoms with Crippen molar-refractivity contribution in [2.75, 3.05) is 12.8 Å². The lowest BCUT2D eigenvalue weighted by molar-refractivity contribution is 0.0722. The minimum Gasteiger partial charge on any atom is -0.497 e. The smallest absolute Gasteiger partial charge is 0.364 e. The summed E-state index contributed by atoms with van der Waals surface area (Å²) in [6.07, 6.45) is 1.44. The van der Waals surface area contributed by atoms with E-state index in [-0.39, 0.29) is 5.69 Å². The van der Waals surface area contributed by atoms with E-state index in [0.717, 1.165) is 0 Å². The van der Waals surface area contributed by atoms with Crippen molar-refractivity contribution in [1.29, 1.82) is 0 Å². The highest BCUT2D eigenvalue weighted by atomic mass is 16.5. The van der Waals surface area contributed by atoms with Crippen LogP contribution in [0.3, 0.4) is 0 Å². The first-order valence-corrected chi connectivity index (χ1v) is 5.83. The molecule has 0 radical (unpaired) electrons. The Kier molecular flexibility index (Phi) is 3.70. The standard InChI is InChI=1S/C13H15N3O3/c1-3-16-12(11(14)8-15-16)13(17)19-10-6-4-5-9(7-10)18-2/h4-8H,3,14H2,1-2H3. The number of benzene rings is 1. The molecule has 0 unspecified atom stereocenters. The number of ether oxygens (including phenoxy) is 2. The molecular formula is C13H15N3O3. The first-order chi connectivity index (χ1) is 9.15. The number of methoxy groups -OCH3 is 1. The van der Waals surface area contributed by atoms with Gasteiger partial charge >= 0.3 is 5.97 Å². The summed E-state index contributed by atoms with van der Waals surface area (Å²) in [7, 11) is 1.55. The average molecular weight is 261 g/mol. The number of nitrogens with zero attached hydrogens (tertiary/aromatic N) is 2. The molecule has 1 heterocycles. The number of anilines is 1. The van der Waals surface area contributed by atoms with Crippen LogP contribution in [0.1, 0.15) is 17.4 Å². The quantitative estimate of drug-likeness (QED) is 0.669. The maximum atomic E-state index is 12.1. The van der Waals surface area contributed by atoms with Crippen LogP contribution in [-0.2, 0) is 6.54 Å². The third-order valence-electron chi connectivity index (χ3n) is 2.61. The summed E-state index contributed by atoms with van der Waals surface area (Å²) in [6, 6.07) is 6.80. The summed E-state index contributed by atoms with van der Waals surface area (Å²) >= 11 is 0. The molecule has 1 aromatic heterocycles. The van der Waals surface area contributed by atoms with Gasteiger partial charge in [-0.1, -0.05) is 6.07 Å². The molecule has 6 heteroatoms. The molecule has 0 fully saturated rings. The fourth-order valence-corrected chi connectivity index (χ4v) is 1.68. The summed E-state index contributed by atoms with van der Waals surface area (Å²) in [5.74, 6) is 0.472. The van der Waals surface area contributed by atoms with Crippen LogP contribution >= 0.6 is 0 Å². The largest absolute Gasteiger partial charge is 0.497 e. The minimum absolute atomic E-state index is 0.255. The molecule has 6 nitrogen and oxygen atoms in total. The van der Waals surface area contributed by atoms with E-state index in [4.69, 9.17) is 15.2 Å². The Morgan fingerprint density at radius 3 is 2.84 bits per heavy atom. The first kappa shape index (κ1) is 12.9. The Morgan fingerprint density at radius 1 is 1.42 bits per heavy atom. The van der Waals surface area contributed by atoms with Crippen molar-refractivity contribution in [3.8, 4) is 11.5 Å². The Hall–Kier alpha value is -2.50. The number of esters is 1. The zero-order chi connectivity index (χ0) is 13.8. The second kappa shape index (κ2) is 5.43. The average Bonchev–Trinajstić information content (AvgIpc) is 2.80. The van der Waals surface area contributed by atoms with E-state index >= 15 is 0 Å². The molecule has 0 bridgehead atoms. The summed E-state index contributed by atoms with van der Waals surface area (Å²) < 4.78 is 11.8. The number of nitrogen functional groups attached to an aromatic ring is 1. The second-order valence-corrected chi connectivity index (χ2v) is 3.83. The molecule has 0 saturated carbocycles. The monoisotopic (exact) mass is 261 g/mol. The molecule has 2 N–H and O–H groups in total. The normalized spacial score (nSPS) is 10.2. The predicted molar refractivity (Wildman–Crippen MR) is 70.3 cm³/mol. The molecule has 0 amide bonds. The predicted octanol–water partition coefficient (Wildman–Crippen LogP) is 1.71. The third-order valence-corrected chi connectivity index (χ3v) is 2.61. The summed E-state index contributed by atoms with van der Waals surface area (Å²) in [5, 5.41) is 4.00. The van der Waals surface area contributed by atoms with Gasteiger partial charge in [0.15, 0.2) is 5.69 Å². The van der Waals surface area contributed by atoms with Crippen molar-refractivity contribution < 1.29 is 14.3 Å². The van der Waals surface area contributed by atoms with E-state index in [2.05, 4.69) is 5.10 Å². The lowest BCUT2D eigenvalue weighted by Gasteiger charge is -2.07. The Morgan fingerprint density at radius 2 is 2.16 bits per heavy atom. The van der Waals surface area contributed by atoms with Crippen LogP contribution in [0, 0.1) is 0 Å². The lowest BCUT2D eigenvalue weighted by atomic mass is 10.3. The fourth-order valence-electron chi connectivity index (χ4n) is 1.68. The maximum absolute atomic E-state index is 12.1. The van der Waals surface area contributed by atoms with Crippen LogP contribution in [0.2, 0.25) is 0 Å². The highest BCUT2D eigenvalue weighted by Gasteiger charge is 2.18. The van der Waals surface area contributed by atoms with E-state index in [0.29, 0.717) is 23.7 Å². The molecule has 100 valence electrons. The first-order valence-electron chi connectivity index (χ1n) is 5.83. The van der Waals surface area contributed by atoms with Crippen molar-refractivity contribution >= 4 is 11.7 Å². The van der Waals surface area contributed by atoms with E-state index in [9.17, 15) is 4.79 Å². The van der Waals surface area contributed by atoms with Crippen molar-refractivity contribution in [1.82, 2.24) is 9.78 Å². The summed E-state index contributed by atoms with van der Waals surface area (Å²) in [6.45, 7) is 2.41. The van der Waals surface area contributed by atoms with Crippen molar-refractivity contribution in [3.05, 3.63) is 36.2 Å². The molecule has 0 aliphatic rings. The van der Waals surface area contributed by atoms with Crippen LogP contribution < -0.4 is 15.2 Å². The van der Waals surface area contributed by atoms with Gasteiger partial charge in [0.2, 0.25) is 0 Å². The molecule has 2 rings (SSSR count). The fraction of sp³-hybridized carbons (Fsp3) is 0.231. The molecule has 0 aliphatic heterocycles. The molecule has 0 spiro atoms. The van der Waals surface area contributed by atoms with Gasteiger partial charge in [-0.05, 0) is 19.1 Å². The Balaban J connectivity index is 2.23. The number of aromatic nitrogens is 2. The number of rotatable bonds is 4. The topological polar surface area (TPSA) is 79.4 Å². The van der Waals surface area contributed by atoms with E-state index in [1.54, 1.807) is 31.4 Å². The van der Waals surface area contributed by atoms with Gasteiger partial charge < -0.3 is 15.2 Å². The molecule has 0 aliphatic carbocycles. The van der Waals surface area contributed by atoms with Crippen LogP contribution in [0.4, 0.5) is 5.69 Å². The number of hydrogen-bond donors (Lipinski definition) is 1. The van der Waals surface area contributed by atoms with Gasteiger partial charge in [0.25, 0.3) is 0 Å². The van der Waals surface area contributed by atoms with E-state index in [1.165, 1.54) is 10.9 Å². The highest BCUT2D eigenvalue weighted by molar-refractivity contribution is 5.94. The molecule has 0 atom stereocenters. The maximum Gasteiger partial charge on any atom is 0.364 e. The van der Waals surface area contributed by atoms with Crippen LogP contribution in [-0.4, -0.2) is 22.9 Å². The summed E-state index contributed by atoms with van der Waals surface area (Å²) in [4.78, 5) is 12.1. The highest BCUT2D eigenvalue weighted by Crippen LogP contribution is 2.21. The summed E-state index contributed by atoms with van der Waals surface area (Å²) in [5.41, 5.74) is 6.27. The van der Waals surface area contributed by atoms with Gasteiger partial charge in [0.05, 0.1) is 19.0 Å². The van der Waals surface area contributed by atoms with E-state index < -0.39 is 5.97 Å². The molecule has 0 saturated heterocycles. The zero-order valence-corrected chi connectivity index (χ0v) is 10.8. The van der Waals surface area contributed by atoms with Gasteiger partial charge in [-0.2, -0.15) is 5.10 Å². The van der Waals surface area contributed by atoms with Crippen molar-refractivity contribution in [2.45, 2.75) is 13.5 Å². The van der Waals surface area contributed by atoms with Crippen molar-refractivity contribution in [2.24, 2.45) is 0 Å².